The van der Waals surface area contributed by atoms with E-state index in [-0.39, 0.29) is 37.6 Å². The number of aryl methyl sites for hydroxylation is 3. The highest BCUT2D eigenvalue weighted by molar-refractivity contribution is 5.88. The summed E-state index contributed by atoms with van der Waals surface area (Å²) in [6.07, 6.45) is 13.5. The fourth-order valence-electron chi connectivity index (χ4n) is 6.09. The van der Waals surface area contributed by atoms with Crippen molar-refractivity contribution >= 4 is 11.9 Å². The van der Waals surface area contributed by atoms with E-state index in [0.29, 0.717) is 0 Å². The molecule has 0 saturated carbocycles. The standard InChI is InChI=1S/C45H60O8/c1-6-8-10-12-14-16-39-29-37(19-22-42(39)50-24-26-52-44(48)34(4)31-46)36-18-21-41(33(3)28-36)38-20-23-43(40(30-38)17-15-13-11-9-7-2)51-25-27-53-45(49)35(5)32-47/h18-23,28-30,46-47H,4-17,24-27,31-32H2,1-3H3. The van der Waals surface area contributed by atoms with Crippen molar-refractivity contribution in [2.45, 2.75) is 97.8 Å². The molecule has 0 aromatic heterocycles. The van der Waals surface area contributed by atoms with Gasteiger partial charge in [-0.2, -0.15) is 0 Å². The van der Waals surface area contributed by atoms with Gasteiger partial charge in [-0.05, 0) is 95.8 Å². The minimum atomic E-state index is -0.619. The summed E-state index contributed by atoms with van der Waals surface area (Å²) in [4.78, 5) is 23.7. The van der Waals surface area contributed by atoms with Gasteiger partial charge in [-0.1, -0.05) is 109 Å². The molecule has 0 unspecified atom stereocenters. The number of ether oxygens (including phenoxy) is 4. The van der Waals surface area contributed by atoms with Crippen LogP contribution >= 0.6 is 0 Å². The molecule has 0 amide bonds. The zero-order chi connectivity index (χ0) is 38.4. The highest BCUT2D eigenvalue weighted by atomic mass is 16.6. The van der Waals surface area contributed by atoms with Gasteiger partial charge >= 0.3 is 11.9 Å². The van der Waals surface area contributed by atoms with Crippen molar-refractivity contribution in [1.29, 1.82) is 0 Å². The average molecular weight is 729 g/mol. The largest absolute Gasteiger partial charge is 0.490 e. The van der Waals surface area contributed by atoms with E-state index in [9.17, 15) is 9.59 Å². The lowest BCUT2D eigenvalue weighted by Crippen LogP contribution is -2.15. The summed E-state index contributed by atoms with van der Waals surface area (Å²) >= 11 is 0. The molecule has 3 aromatic rings. The molecule has 8 heteroatoms. The van der Waals surface area contributed by atoms with Gasteiger partial charge in [0.15, 0.2) is 0 Å². The Morgan fingerprint density at radius 1 is 0.566 bits per heavy atom. The predicted molar refractivity (Wildman–Crippen MR) is 212 cm³/mol. The molecule has 0 heterocycles. The van der Waals surface area contributed by atoms with E-state index >= 15 is 0 Å². The van der Waals surface area contributed by atoms with Crippen LogP contribution in [-0.2, 0) is 31.9 Å². The zero-order valence-electron chi connectivity index (χ0n) is 32.2. The molecule has 3 rings (SSSR count). The summed E-state index contributed by atoms with van der Waals surface area (Å²) in [5, 5.41) is 18.2. The van der Waals surface area contributed by atoms with Crippen molar-refractivity contribution in [3.05, 3.63) is 95.6 Å². The molecule has 3 aromatic carbocycles. The molecular weight excluding hydrogens is 668 g/mol. The Morgan fingerprint density at radius 3 is 1.47 bits per heavy atom. The number of hydrogen-bond donors (Lipinski definition) is 2. The second-order valence-corrected chi connectivity index (χ2v) is 13.5. The Kier molecular flexibility index (Phi) is 19.5. The molecule has 0 aliphatic carbocycles. The quantitative estimate of drug-likeness (QED) is 0.0478. The first-order valence-electron chi connectivity index (χ1n) is 19.3. The second kappa shape index (κ2) is 24.0. The molecule has 288 valence electrons. The summed E-state index contributed by atoms with van der Waals surface area (Å²) in [5.41, 5.74) is 7.96. The normalized spacial score (nSPS) is 10.9. The SMILES string of the molecule is C=C(CO)C(=O)OCCOc1ccc(-c2ccc(-c3ccc(OCCOC(=O)C(=C)CO)c(CCCCCCC)c3)c(C)c2)cc1CCCCCCC. The van der Waals surface area contributed by atoms with Crippen LogP contribution in [0.2, 0.25) is 0 Å². The number of aliphatic hydroxyl groups is 2. The van der Waals surface area contributed by atoms with Crippen LogP contribution < -0.4 is 9.47 Å². The molecule has 53 heavy (non-hydrogen) atoms. The lowest BCUT2D eigenvalue weighted by Gasteiger charge is -2.16. The van der Waals surface area contributed by atoms with Crippen molar-refractivity contribution in [1.82, 2.24) is 0 Å². The topological polar surface area (TPSA) is 112 Å². The van der Waals surface area contributed by atoms with Gasteiger partial charge in [0.2, 0.25) is 0 Å². The first-order chi connectivity index (χ1) is 25.7. The van der Waals surface area contributed by atoms with Gasteiger partial charge < -0.3 is 29.2 Å². The van der Waals surface area contributed by atoms with E-state index in [1.807, 2.05) is 12.1 Å². The summed E-state index contributed by atoms with van der Waals surface area (Å²) in [7, 11) is 0. The monoisotopic (exact) mass is 728 g/mol. The summed E-state index contributed by atoms with van der Waals surface area (Å²) in [5.74, 6) is 0.333. The number of aliphatic hydroxyl groups excluding tert-OH is 2. The zero-order valence-corrected chi connectivity index (χ0v) is 32.2. The first kappa shape index (κ1) is 43.0. The van der Waals surface area contributed by atoms with Crippen LogP contribution in [0.25, 0.3) is 22.3 Å². The molecule has 2 N–H and O–H groups in total. The summed E-state index contributed by atoms with van der Waals surface area (Å²) in [6.45, 7) is 13.3. The molecule has 0 aliphatic rings. The summed E-state index contributed by atoms with van der Waals surface area (Å²) < 4.78 is 22.5. The molecule has 0 atom stereocenters. The van der Waals surface area contributed by atoms with Crippen LogP contribution in [0.5, 0.6) is 11.5 Å². The van der Waals surface area contributed by atoms with E-state index in [1.165, 1.54) is 38.5 Å². The molecule has 0 spiro atoms. The van der Waals surface area contributed by atoms with E-state index in [0.717, 1.165) is 89.0 Å². The van der Waals surface area contributed by atoms with Crippen LogP contribution in [0.3, 0.4) is 0 Å². The Labute approximate surface area is 316 Å². The number of esters is 2. The van der Waals surface area contributed by atoms with Crippen molar-refractivity contribution < 1.29 is 38.7 Å². The van der Waals surface area contributed by atoms with Crippen molar-refractivity contribution in [2.75, 3.05) is 39.6 Å². The number of carbonyl (C=O) groups excluding carboxylic acids is 2. The van der Waals surface area contributed by atoms with Gasteiger partial charge in [-0.15, -0.1) is 0 Å². The highest BCUT2D eigenvalue weighted by Crippen LogP contribution is 2.34. The predicted octanol–water partition coefficient (Wildman–Crippen LogP) is 9.30. The van der Waals surface area contributed by atoms with Crippen LogP contribution in [0, 0.1) is 6.92 Å². The minimum absolute atomic E-state index is 0.0207. The van der Waals surface area contributed by atoms with Gasteiger partial charge in [-0.25, -0.2) is 9.59 Å². The van der Waals surface area contributed by atoms with Gasteiger partial charge in [0.05, 0.1) is 24.4 Å². The smallest absolute Gasteiger partial charge is 0.335 e. The maximum absolute atomic E-state index is 11.9. The molecule has 0 fully saturated rings. The number of rotatable bonds is 26. The Bertz CT molecular complexity index is 1620. The van der Waals surface area contributed by atoms with Crippen molar-refractivity contribution in [3.63, 3.8) is 0 Å². The molecule has 0 aliphatic heterocycles. The second-order valence-electron chi connectivity index (χ2n) is 13.5. The first-order valence-corrected chi connectivity index (χ1v) is 19.3. The Morgan fingerprint density at radius 2 is 1.00 bits per heavy atom. The van der Waals surface area contributed by atoms with Gasteiger partial charge in [-0.3, -0.25) is 0 Å². The van der Waals surface area contributed by atoms with Gasteiger partial charge in [0.25, 0.3) is 0 Å². The third kappa shape index (κ3) is 14.5. The fourth-order valence-corrected chi connectivity index (χ4v) is 6.09. The average Bonchev–Trinajstić information content (AvgIpc) is 3.17. The van der Waals surface area contributed by atoms with Crippen molar-refractivity contribution in [3.8, 4) is 33.8 Å². The number of benzene rings is 3. The number of hydrogen-bond acceptors (Lipinski definition) is 8. The fraction of sp³-hybridized carbons (Fsp3) is 0.467. The molecule has 0 bridgehead atoms. The lowest BCUT2D eigenvalue weighted by molar-refractivity contribution is -0.141. The summed E-state index contributed by atoms with van der Waals surface area (Å²) in [6, 6.07) is 19.2. The van der Waals surface area contributed by atoms with E-state index in [4.69, 9.17) is 29.2 Å². The maximum Gasteiger partial charge on any atom is 0.335 e. The number of unbranched alkanes of at least 4 members (excludes halogenated alkanes) is 8. The van der Waals surface area contributed by atoms with Crippen LogP contribution in [0.4, 0.5) is 0 Å². The van der Waals surface area contributed by atoms with Crippen LogP contribution in [-0.4, -0.2) is 61.8 Å². The molecule has 0 radical (unpaired) electrons. The Hall–Kier alpha value is -4.40. The third-order valence-electron chi connectivity index (χ3n) is 9.20. The maximum atomic E-state index is 11.9. The third-order valence-corrected chi connectivity index (χ3v) is 9.20. The minimum Gasteiger partial charge on any atom is -0.490 e. The van der Waals surface area contributed by atoms with E-state index in [1.54, 1.807) is 0 Å². The molecule has 0 saturated heterocycles. The highest BCUT2D eigenvalue weighted by Gasteiger charge is 2.14. The molecular formula is C45H60O8. The van der Waals surface area contributed by atoms with Crippen molar-refractivity contribution in [2.24, 2.45) is 0 Å². The van der Waals surface area contributed by atoms with Crippen LogP contribution in [0.15, 0.2) is 78.9 Å². The Balaban J connectivity index is 1.79. The van der Waals surface area contributed by atoms with Crippen LogP contribution in [0.1, 0.15) is 94.7 Å². The van der Waals surface area contributed by atoms with E-state index in [2.05, 4.69) is 76.4 Å². The lowest BCUT2D eigenvalue weighted by atomic mass is 9.92. The number of carbonyl (C=O) groups is 2. The van der Waals surface area contributed by atoms with Gasteiger partial charge in [0.1, 0.15) is 37.9 Å². The molecule has 8 nitrogen and oxygen atoms in total. The van der Waals surface area contributed by atoms with Gasteiger partial charge in [0, 0.05) is 0 Å². The van der Waals surface area contributed by atoms with E-state index < -0.39 is 25.2 Å².